The summed E-state index contributed by atoms with van der Waals surface area (Å²) in [5, 5.41) is 0. The molecule has 1 atom stereocenters. The van der Waals surface area contributed by atoms with Gasteiger partial charge in [0.2, 0.25) is 0 Å². The van der Waals surface area contributed by atoms with Gasteiger partial charge in [-0.15, -0.1) is 0 Å². The topological polar surface area (TPSA) is 38.8 Å². The van der Waals surface area contributed by atoms with E-state index >= 15 is 0 Å². The number of nitrogens with zero attached hydrogens (tertiary/aromatic N) is 1. The van der Waals surface area contributed by atoms with E-state index in [2.05, 4.69) is 37.3 Å². The van der Waals surface area contributed by atoms with Gasteiger partial charge in [0, 0.05) is 25.8 Å². The van der Waals surface area contributed by atoms with Crippen molar-refractivity contribution in [1.82, 2.24) is 4.90 Å². The summed E-state index contributed by atoms with van der Waals surface area (Å²) in [6.07, 6.45) is 6.58. The first-order valence-electron chi connectivity index (χ1n) is 7.87. The maximum Gasteiger partial charge on any atom is 0.330 e. The molecule has 0 spiro atoms. The van der Waals surface area contributed by atoms with Gasteiger partial charge in [-0.2, -0.15) is 0 Å². The van der Waals surface area contributed by atoms with E-state index < -0.39 is 0 Å². The van der Waals surface area contributed by atoms with Gasteiger partial charge in [-0.1, -0.05) is 26.3 Å². The van der Waals surface area contributed by atoms with E-state index in [1.807, 2.05) is 13.1 Å². The molecule has 0 saturated heterocycles. The standard InChI is InChI=1S/C17H33NO3/c1-7-15(2)10-14-21-17(3,4)11-13-18(5)12-8-9-16(19)20-6/h8-9,15H,7,10-14H2,1-6H3/b9-8+. The fourth-order valence-corrected chi connectivity index (χ4v) is 1.76. The highest BCUT2D eigenvalue weighted by Gasteiger charge is 2.18. The molecule has 0 aliphatic carbocycles. The van der Waals surface area contributed by atoms with Crippen LogP contribution in [0.25, 0.3) is 0 Å². The number of ether oxygens (including phenoxy) is 2. The van der Waals surface area contributed by atoms with E-state index in [0.717, 1.165) is 38.5 Å². The molecule has 4 nitrogen and oxygen atoms in total. The summed E-state index contributed by atoms with van der Waals surface area (Å²) < 4.78 is 10.5. The summed E-state index contributed by atoms with van der Waals surface area (Å²) in [4.78, 5) is 13.1. The fourth-order valence-electron chi connectivity index (χ4n) is 1.76. The third-order valence-corrected chi connectivity index (χ3v) is 3.77. The number of carbonyl (C=O) groups is 1. The minimum absolute atomic E-state index is 0.103. The maximum absolute atomic E-state index is 11.0. The molecule has 0 N–H and O–H groups in total. The van der Waals surface area contributed by atoms with Crippen LogP contribution in [0.1, 0.15) is 47.0 Å². The monoisotopic (exact) mass is 299 g/mol. The van der Waals surface area contributed by atoms with Crippen LogP contribution >= 0.6 is 0 Å². The zero-order chi connectivity index (χ0) is 16.3. The molecular formula is C17H33NO3. The molecule has 0 fully saturated rings. The molecular weight excluding hydrogens is 266 g/mol. The zero-order valence-electron chi connectivity index (χ0n) is 14.6. The third-order valence-electron chi connectivity index (χ3n) is 3.77. The first kappa shape index (κ1) is 20.1. The minimum atomic E-state index is -0.308. The van der Waals surface area contributed by atoms with Gasteiger partial charge in [0.15, 0.2) is 0 Å². The average molecular weight is 299 g/mol. The fraction of sp³-hybridized carbons (Fsp3) is 0.824. The largest absolute Gasteiger partial charge is 0.466 e. The SMILES string of the molecule is CCC(C)CCOC(C)(C)CCN(C)C/C=C/C(=O)OC. The van der Waals surface area contributed by atoms with E-state index in [9.17, 15) is 4.79 Å². The third kappa shape index (κ3) is 11.5. The smallest absolute Gasteiger partial charge is 0.330 e. The quantitative estimate of drug-likeness (QED) is 0.433. The van der Waals surface area contributed by atoms with Gasteiger partial charge in [0.25, 0.3) is 0 Å². The highest BCUT2D eigenvalue weighted by atomic mass is 16.5. The molecule has 0 aliphatic heterocycles. The Kier molecular flexibility index (Phi) is 10.4. The number of methoxy groups -OCH3 is 1. The first-order chi connectivity index (χ1) is 9.80. The van der Waals surface area contributed by atoms with Gasteiger partial charge >= 0.3 is 5.97 Å². The van der Waals surface area contributed by atoms with Crippen LogP contribution in [-0.4, -0.2) is 50.3 Å². The second kappa shape index (κ2) is 10.8. The van der Waals surface area contributed by atoms with Gasteiger partial charge < -0.3 is 14.4 Å². The highest BCUT2D eigenvalue weighted by molar-refractivity contribution is 5.81. The number of esters is 1. The van der Waals surface area contributed by atoms with Crippen molar-refractivity contribution in [2.75, 3.05) is 33.9 Å². The normalized spacial score (nSPS) is 13.9. The molecule has 1 unspecified atom stereocenters. The Hall–Kier alpha value is -0.870. The molecule has 0 bridgehead atoms. The lowest BCUT2D eigenvalue weighted by molar-refractivity contribution is -0.134. The van der Waals surface area contributed by atoms with Crippen molar-refractivity contribution in [1.29, 1.82) is 0 Å². The van der Waals surface area contributed by atoms with Gasteiger partial charge in [0.05, 0.1) is 12.7 Å². The molecule has 0 aromatic heterocycles. The summed E-state index contributed by atoms with van der Waals surface area (Å²) >= 11 is 0. The van der Waals surface area contributed by atoms with Crippen molar-refractivity contribution in [3.8, 4) is 0 Å². The van der Waals surface area contributed by atoms with Crippen molar-refractivity contribution >= 4 is 5.97 Å². The Labute approximate surface area is 130 Å². The van der Waals surface area contributed by atoms with Crippen molar-refractivity contribution in [2.24, 2.45) is 5.92 Å². The van der Waals surface area contributed by atoms with E-state index in [1.54, 1.807) is 0 Å². The van der Waals surface area contributed by atoms with Gasteiger partial charge in [-0.25, -0.2) is 4.79 Å². The molecule has 0 saturated carbocycles. The van der Waals surface area contributed by atoms with E-state index in [-0.39, 0.29) is 11.6 Å². The summed E-state index contributed by atoms with van der Waals surface area (Å²) in [5.41, 5.74) is -0.103. The Morgan fingerprint density at radius 1 is 1.38 bits per heavy atom. The lowest BCUT2D eigenvalue weighted by Gasteiger charge is -2.28. The van der Waals surface area contributed by atoms with Crippen LogP contribution < -0.4 is 0 Å². The lowest BCUT2D eigenvalue weighted by Crippen LogP contribution is -2.32. The average Bonchev–Trinajstić information content (AvgIpc) is 2.44. The lowest BCUT2D eigenvalue weighted by atomic mass is 10.0. The van der Waals surface area contributed by atoms with Crippen LogP contribution in [0.4, 0.5) is 0 Å². The van der Waals surface area contributed by atoms with Crippen molar-refractivity contribution in [3.05, 3.63) is 12.2 Å². The zero-order valence-corrected chi connectivity index (χ0v) is 14.6. The molecule has 0 aliphatic rings. The highest BCUT2D eigenvalue weighted by Crippen LogP contribution is 2.17. The predicted octanol–water partition coefficient (Wildman–Crippen LogP) is 3.27. The minimum Gasteiger partial charge on any atom is -0.466 e. The Morgan fingerprint density at radius 3 is 2.62 bits per heavy atom. The molecule has 4 heteroatoms. The van der Waals surface area contributed by atoms with Crippen molar-refractivity contribution in [2.45, 2.75) is 52.6 Å². The van der Waals surface area contributed by atoms with Crippen LogP contribution in [0.15, 0.2) is 12.2 Å². The first-order valence-corrected chi connectivity index (χ1v) is 7.87. The number of rotatable bonds is 11. The summed E-state index contributed by atoms with van der Waals surface area (Å²) in [7, 11) is 3.42. The van der Waals surface area contributed by atoms with Crippen LogP contribution in [0.2, 0.25) is 0 Å². The maximum atomic E-state index is 11.0. The summed E-state index contributed by atoms with van der Waals surface area (Å²) in [5.74, 6) is 0.420. The summed E-state index contributed by atoms with van der Waals surface area (Å²) in [6, 6.07) is 0. The van der Waals surface area contributed by atoms with Crippen molar-refractivity contribution in [3.63, 3.8) is 0 Å². The molecule has 0 rings (SSSR count). The molecule has 0 amide bonds. The molecule has 0 radical (unpaired) electrons. The van der Waals surface area contributed by atoms with E-state index in [0.29, 0.717) is 0 Å². The molecule has 124 valence electrons. The van der Waals surface area contributed by atoms with Crippen LogP contribution in [0.3, 0.4) is 0 Å². The molecule has 0 aromatic rings. The van der Waals surface area contributed by atoms with E-state index in [1.165, 1.54) is 19.6 Å². The number of hydrogen-bond donors (Lipinski definition) is 0. The van der Waals surface area contributed by atoms with Gasteiger partial charge in [-0.05, 0) is 39.7 Å². The Balaban J connectivity index is 3.90. The van der Waals surface area contributed by atoms with E-state index in [4.69, 9.17) is 4.74 Å². The Morgan fingerprint density at radius 2 is 2.05 bits per heavy atom. The number of likely N-dealkylation sites (N-methyl/N-ethyl adjacent to an activating group) is 1. The predicted molar refractivity (Wildman–Crippen MR) is 87.4 cm³/mol. The van der Waals surface area contributed by atoms with Crippen LogP contribution in [0.5, 0.6) is 0 Å². The van der Waals surface area contributed by atoms with Crippen molar-refractivity contribution < 1.29 is 14.3 Å². The molecule has 21 heavy (non-hydrogen) atoms. The summed E-state index contributed by atoms with van der Waals surface area (Å²) in [6.45, 7) is 11.3. The molecule has 0 heterocycles. The van der Waals surface area contributed by atoms with Crippen LogP contribution in [0, 0.1) is 5.92 Å². The van der Waals surface area contributed by atoms with Gasteiger partial charge in [-0.3, -0.25) is 0 Å². The van der Waals surface area contributed by atoms with Crippen LogP contribution in [-0.2, 0) is 14.3 Å². The second-order valence-electron chi connectivity index (χ2n) is 6.35. The molecule has 0 aromatic carbocycles. The number of carbonyl (C=O) groups excluding carboxylic acids is 1. The van der Waals surface area contributed by atoms with Gasteiger partial charge in [0.1, 0.15) is 0 Å². The number of hydrogen-bond acceptors (Lipinski definition) is 4. The Bertz CT molecular complexity index is 313. The second-order valence-corrected chi connectivity index (χ2v) is 6.35.